The van der Waals surface area contributed by atoms with Crippen molar-refractivity contribution in [3.8, 4) is 0 Å². The molecule has 2 aromatic carbocycles. The molecule has 29 heavy (non-hydrogen) atoms. The van der Waals surface area contributed by atoms with Gasteiger partial charge in [0.25, 0.3) is 5.91 Å². The zero-order chi connectivity index (χ0) is 20.6. The van der Waals surface area contributed by atoms with Crippen molar-refractivity contribution in [2.24, 2.45) is 4.99 Å². The Morgan fingerprint density at radius 2 is 1.93 bits per heavy atom. The molecule has 0 radical (unpaired) electrons. The fourth-order valence-electron chi connectivity index (χ4n) is 2.77. The molecule has 6 nitrogen and oxygen atoms in total. The highest BCUT2D eigenvalue weighted by atomic mass is 32.2. The number of nitrogens with zero attached hydrogens (tertiary/aromatic N) is 2. The Morgan fingerprint density at radius 3 is 2.66 bits per heavy atom. The van der Waals surface area contributed by atoms with E-state index in [0.717, 1.165) is 16.0 Å². The van der Waals surface area contributed by atoms with Crippen LogP contribution in [0.15, 0.2) is 53.5 Å². The van der Waals surface area contributed by atoms with Crippen LogP contribution in [0.3, 0.4) is 0 Å². The molecule has 1 aromatic heterocycles. The average molecular weight is 431 g/mol. The lowest BCUT2D eigenvalue weighted by Crippen LogP contribution is -2.19. The summed E-state index contributed by atoms with van der Waals surface area (Å²) in [5.41, 5.74) is 2.55. The van der Waals surface area contributed by atoms with E-state index in [1.807, 2.05) is 41.0 Å². The maximum atomic E-state index is 12.4. The zero-order valence-corrected chi connectivity index (χ0v) is 17.9. The zero-order valence-electron chi connectivity index (χ0n) is 16.3. The van der Waals surface area contributed by atoms with Gasteiger partial charge in [-0.15, -0.1) is 11.8 Å². The van der Waals surface area contributed by atoms with E-state index < -0.39 is 5.97 Å². The van der Waals surface area contributed by atoms with Crippen molar-refractivity contribution in [1.82, 2.24) is 4.57 Å². The van der Waals surface area contributed by atoms with Gasteiger partial charge in [0.2, 0.25) is 0 Å². The highest BCUT2D eigenvalue weighted by Crippen LogP contribution is 2.20. The average Bonchev–Trinajstić information content (AvgIpc) is 3.08. The predicted octanol–water partition coefficient (Wildman–Crippen LogP) is 3.50. The SMILES string of the molecule is COCCn1c(=NC(=O)CSCc2ccccc2)sc2cc(C(=O)OC)ccc21. The number of esters is 1. The van der Waals surface area contributed by atoms with Crippen LogP contribution in [-0.4, -0.2) is 43.0 Å². The molecule has 0 atom stereocenters. The first kappa shape index (κ1) is 21.3. The Hall–Kier alpha value is -2.42. The van der Waals surface area contributed by atoms with Crippen LogP contribution in [0, 0.1) is 0 Å². The number of thioether (sulfide) groups is 1. The third kappa shape index (κ3) is 5.56. The summed E-state index contributed by atoms with van der Waals surface area (Å²) in [6, 6.07) is 15.4. The summed E-state index contributed by atoms with van der Waals surface area (Å²) in [4.78, 5) is 29.2. The Bertz CT molecular complexity index is 1060. The lowest BCUT2D eigenvalue weighted by molar-refractivity contribution is -0.115. The summed E-state index contributed by atoms with van der Waals surface area (Å²) in [7, 11) is 2.99. The quantitative estimate of drug-likeness (QED) is 0.512. The molecule has 0 unspecified atom stereocenters. The van der Waals surface area contributed by atoms with Gasteiger partial charge < -0.3 is 14.0 Å². The number of carbonyl (C=O) groups is 2. The van der Waals surface area contributed by atoms with Gasteiger partial charge in [-0.3, -0.25) is 4.79 Å². The van der Waals surface area contributed by atoms with Crippen LogP contribution in [-0.2, 0) is 26.6 Å². The minimum Gasteiger partial charge on any atom is -0.465 e. The second kappa shape index (κ2) is 10.4. The number of hydrogen-bond donors (Lipinski definition) is 0. The van der Waals surface area contributed by atoms with Crippen molar-refractivity contribution in [3.05, 3.63) is 64.5 Å². The molecule has 0 aliphatic carbocycles. The van der Waals surface area contributed by atoms with Gasteiger partial charge in [0, 0.05) is 19.4 Å². The first-order chi connectivity index (χ1) is 14.1. The lowest BCUT2D eigenvalue weighted by Gasteiger charge is -2.05. The van der Waals surface area contributed by atoms with E-state index in [-0.39, 0.29) is 5.91 Å². The summed E-state index contributed by atoms with van der Waals surface area (Å²) in [5.74, 6) is 0.495. The Morgan fingerprint density at radius 1 is 1.14 bits per heavy atom. The third-order valence-electron chi connectivity index (χ3n) is 4.18. The van der Waals surface area contributed by atoms with E-state index >= 15 is 0 Å². The van der Waals surface area contributed by atoms with Crippen LogP contribution in [0.25, 0.3) is 10.2 Å². The molecule has 0 N–H and O–H groups in total. The van der Waals surface area contributed by atoms with Gasteiger partial charge in [-0.2, -0.15) is 4.99 Å². The fraction of sp³-hybridized carbons (Fsp3) is 0.286. The molecule has 0 fully saturated rings. The molecule has 3 aromatic rings. The monoisotopic (exact) mass is 430 g/mol. The number of benzene rings is 2. The molecule has 0 aliphatic heterocycles. The summed E-state index contributed by atoms with van der Waals surface area (Å²) in [5, 5.41) is 0. The molecule has 1 amide bonds. The molecule has 0 saturated carbocycles. The van der Waals surface area contributed by atoms with Crippen molar-refractivity contribution >= 4 is 45.2 Å². The molecular weight excluding hydrogens is 408 g/mol. The number of thiazole rings is 1. The van der Waals surface area contributed by atoms with Crippen molar-refractivity contribution in [2.75, 3.05) is 26.6 Å². The molecule has 3 rings (SSSR count). The molecular formula is C21H22N2O4S2. The number of ether oxygens (including phenoxy) is 2. The third-order valence-corrected chi connectivity index (χ3v) is 6.21. The maximum Gasteiger partial charge on any atom is 0.337 e. The molecule has 1 heterocycles. The highest BCUT2D eigenvalue weighted by molar-refractivity contribution is 7.99. The van der Waals surface area contributed by atoms with Crippen molar-refractivity contribution in [2.45, 2.75) is 12.3 Å². The topological polar surface area (TPSA) is 69.9 Å². The maximum absolute atomic E-state index is 12.4. The van der Waals surface area contributed by atoms with Crippen LogP contribution in [0.1, 0.15) is 15.9 Å². The van der Waals surface area contributed by atoms with E-state index in [0.29, 0.717) is 29.3 Å². The second-order valence-electron chi connectivity index (χ2n) is 6.19. The highest BCUT2D eigenvalue weighted by Gasteiger charge is 2.12. The van der Waals surface area contributed by atoms with Crippen LogP contribution >= 0.6 is 23.1 Å². The van der Waals surface area contributed by atoms with Crippen LogP contribution < -0.4 is 4.80 Å². The van der Waals surface area contributed by atoms with Crippen LogP contribution in [0.5, 0.6) is 0 Å². The van der Waals surface area contributed by atoms with Gasteiger partial charge in [-0.25, -0.2) is 4.79 Å². The standard InChI is InChI=1S/C21H22N2O4S2/c1-26-11-10-23-17-9-8-16(20(25)27-2)12-18(17)29-21(23)22-19(24)14-28-13-15-6-4-3-5-7-15/h3-9,12H,10-11,13-14H2,1-2H3. The molecule has 0 spiro atoms. The normalized spacial score (nSPS) is 11.7. The van der Waals surface area contributed by atoms with Crippen LogP contribution in [0.4, 0.5) is 0 Å². The predicted molar refractivity (Wildman–Crippen MR) is 116 cm³/mol. The van der Waals surface area contributed by atoms with Crippen molar-refractivity contribution < 1.29 is 19.1 Å². The van der Waals surface area contributed by atoms with Gasteiger partial charge in [-0.1, -0.05) is 41.7 Å². The first-order valence-electron chi connectivity index (χ1n) is 9.02. The van der Waals surface area contributed by atoms with Gasteiger partial charge in [0.15, 0.2) is 4.80 Å². The Balaban J connectivity index is 1.83. The minimum atomic E-state index is -0.393. The number of aromatic nitrogens is 1. The van der Waals surface area contributed by atoms with Crippen molar-refractivity contribution in [1.29, 1.82) is 0 Å². The van der Waals surface area contributed by atoms with Crippen LogP contribution in [0.2, 0.25) is 0 Å². The van der Waals surface area contributed by atoms with Gasteiger partial charge in [0.05, 0.1) is 35.2 Å². The summed E-state index contributed by atoms with van der Waals surface area (Å²) in [6.45, 7) is 1.06. The largest absolute Gasteiger partial charge is 0.465 e. The molecule has 8 heteroatoms. The van der Waals surface area contributed by atoms with Gasteiger partial charge in [-0.05, 0) is 23.8 Å². The van der Waals surface area contributed by atoms with E-state index in [1.165, 1.54) is 35.8 Å². The van der Waals surface area contributed by atoms with E-state index in [2.05, 4.69) is 4.99 Å². The van der Waals surface area contributed by atoms with Crippen molar-refractivity contribution in [3.63, 3.8) is 0 Å². The number of amides is 1. The van der Waals surface area contributed by atoms with E-state index in [1.54, 1.807) is 19.2 Å². The molecule has 0 saturated heterocycles. The lowest BCUT2D eigenvalue weighted by atomic mass is 10.2. The van der Waals surface area contributed by atoms with E-state index in [4.69, 9.17) is 9.47 Å². The van der Waals surface area contributed by atoms with E-state index in [9.17, 15) is 9.59 Å². The molecule has 152 valence electrons. The Labute approximate surface area is 177 Å². The smallest absolute Gasteiger partial charge is 0.337 e. The number of carbonyl (C=O) groups excluding carboxylic acids is 2. The van der Waals surface area contributed by atoms with Gasteiger partial charge >= 0.3 is 5.97 Å². The minimum absolute atomic E-state index is 0.183. The fourth-order valence-corrected chi connectivity index (χ4v) is 4.65. The Kier molecular flexibility index (Phi) is 7.62. The number of rotatable bonds is 8. The first-order valence-corrected chi connectivity index (χ1v) is 11.0. The number of methoxy groups -OCH3 is 2. The summed E-state index contributed by atoms with van der Waals surface area (Å²) in [6.07, 6.45) is 0. The van der Waals surface area contributed by atoms with Gasteiger partial charge in [0.1, 0.15) is 0 Å². The number of fused-ring (bicyclic) bond motifs is 1. The number of hydrogen-bond acceptors (Lipinski definition) is 6. The second-order valence-corrected chi connectivity index (χ2v) is 8.18. The molecule has 0 aliphatic rings. The molecule has 0 bridgehead atoms. The summed E-state index contributed by atoms with van der Waals surface area (Å²) >= 11 is 2.92. The summed E-state index contributed by atoms with van der Waals surface area (Å²) < 4.78 is 12.8.